The van der Waals surface area contributed by atoms with Crippen LogP contribution in [0.4, 0.5) is 0 Å². The van der Waals surface area contributed by atoms with Crippen molar-refractivity contribution in [3.05, 3.63) is 32.9 Å². The quantitative estimate of drug-likeness (QED) is 0.373. The lowest BCUT2D eigenvalue weighted by Crippen LogP contribution is -2.21. The molecule has 1 rings (SSSR count). The highest BCUT2D eigenvalue weighted by Gasteiger charge is 1.98. The first-order valence-corrected chi connectivity index (χ1v) is 5.06. The molecule has 0 radical (unpaired) electrons. The van der Waals surface area contributed by atoms with E-state index in [0.29, 0.717) is 0 Å². The van der Waals surface area contributed by atoms with Gasteiger partial charge in [0.15, 0.2) is 0 Å². The van der Waals surface area contributed by atoms with Gasteiger partial charge >= 0.3 is 0 Å². The van der Waals surface area contributed by atoms with E-state index in [2.05, 4.69) is 32.8 Å². The fourth-order valence-electron chi connectivity index (χ4n) is 0.962. The molecule has 74 valence electrons. The maximum absolute atomic E-state index is 5.14. The minimum atomic E-state index is -0.0372. The molecule has 4 nitrogen and oxygen atoms in total. The molecule has 0 amide bonds. The largest absolute Gasteiger partial charge is 0.369 e. The van der Waals surface area contributed by atoms with Crippen LogP contribution in [0, 0.1) is 10.5 Å². The van der Waals surface area contributed by atoms with Gasteiger partial charge in [0, 0.05) is 9.13 Å². The lowest BCUT2D eigenvalue weighted by atomic mass is 10.1. The average Bonchev–Trinajstić information content (AvgIpc) is 2.09. The molecule has 0 saturated carbocycles. The van der Waals surface area contributed by atoms with E-state index >= 15 is 0 Å². The summed E-state index contributed by atoms with van der Waals surface area (Å²) in [5.41, 5.74) is 12.5. The first-order chi connectivity index (χ1) is 6.61. The fourth-order valence-corrected chi connectivity index (χ4v) is 1.73. The van der Waals surface area contributed by atoms with Crippen LogP contribution < -0.4 is 11.5 Å². The van der Waals surface area contributed by atoms with Crippen LogP contribution in [0.25, 0.3) is 0 Å². The monoisotopic (exact) mass is 302 g/mol. The molecule has 0 aliphatic rings. The van der Waals surface area contributed by atoms with Crippen molar-refractivity contribution in [1.29, 1.82) is 0 Å². The van der Waals surface area contributed by atoms with Gasteiger partial charge in [-0.25, -0.2) is 0 Å². The lowest BCUT2D eigenvalue weighted by Gasteiger charge is -2.00. The third-order valence-corrected chi connectivity index (χ3v) is 2.57. The van der Waals surface area contributed by atoms with Crippen LogP contribution in [0.5, 0.6) is 0 Å². The number of nitrogens with zero attached hydrogens (tertiary/aromatic N) is 2. The normalized spacial score (nSPS) is 10.4. The minimum Gasteiger partial charge on any atom is -0.369 e. The Bertz CT molecular complexity index is 360. The van der Waals surface area contributed by atoms with Crippen molar-refractivity contribution >= 4 is 34.8 Å². The van der Waals surface area contributed by atoms with Crippen LogP contribution in [0.3, 0.4) is 0 Å². The third kappa shape index (κ3) is 2.99. The summed E-state index contributed by atoms with van der Waals surface area (Å²) < 4.78 is 1.12. The second-order valence-electron chi connectivity index (χ2n) is 2.74. The Kier molecular flexibility index (Phi) is 3.87. The topological polar surface area (TPSA) is 76.8 Å². The Morgan fingerprint density at radius 1 is 1.43 bits per heavy atom. The van der Waals surface area contributed by atoms with Crippen LogP contribution in [-0.2, 0) is 0 Å². The summed E-state index contributed by atoms with van der Waals surface area (Å²) in [6.07, 6.45) is 1.65. The lowest BCUT2D eigenvalue weighted by molar-refractivity contribution is 1.21. The third-order valence-electron chi connectivity index (χ3n) is 1.63. The first-order valence-electron chi connectivity index (χ1n) is 3.98. The minimum absolute atomic E-state index is 0.0372. The number of hydrogen-bond donors (Lipinski definition) is 2. The maximum Gasteiger partial charge on any atom is 0.211 e. The smallest absolute Gasteiger partial charge is 0.211 e. The summed E-state index contributed by atoms with van der Waals surface area (Å²) in [5, 5.41) is 7.31. The van der Waals surface area contributed by atoms with Crippen LogP contribution in [-0.4, -0.2) is 12.2 Å². The zero-order valence-corrected chi connectivity index (χ0v) is 9.89. The predicted molar refractivity (Wildman–Crippen MR) is 67.3 cm³/mol. The molecule has 0 atom stereocenters. The summed E-state index contributed by atoms with van der Waals surface area (Å²) in [7, 11) is 0. The van der Waals surface area contributed by atoms with Crippen LogP contribution >= 0.6 is 22.6 Å². The first kappa shape index (κ1) is 11.0. The summed E-state index contributed by atoms with van der Waals surface area (Å²) in [5.74, 6) is -0.0372. The number of rotatable bonds is 2. The second kappa shape index (κ2) is 4.94. The van der Waals surface area contributed by atoms with Crippen molar-refractivity contribution in [3.8, 4) is 0 Å². The summed E-state index contributed by atoms with van der Waals surface area (Å²) in [4.78, 5) is 0. The van der Waals surface area contributed by atoms with Crippen LogP contribution in [0.15, 0.2) is 28.4 Å². The van der Waals surface area contributed by atoms with Gasteiger partial charge in [-0.15, -0.1) is 5.10 Å². The number of benzene rings is 1. The van der Waals surface area contributed by atoms with Crippen molar-refractivity contribution in [1.82, 2.24) is 0 Å². The van der Waals surface area contributed by atoms with Gasteiger partial charge < -0.3 is 11.5 Å². The second-order valence-corrected chi connectivity index (χ2v) is 3.90. The summed E-state index contributed by atoms with van der Waals surface area (Å²) in [6, 6.07) is 6.01. The van der Waals surface area contributed by atoms with E-state index in [0.717, 1.165) is 14.7 Å². The molecule has 0 unspecified atom stereocenters. The van der Waals surface area contributed by atoms with E-state index < -0.39 is 0 Å². The molecular formula is C9H11IN4. The van der Waals surface area contributed by atoms with Gasteiger partial charge in [0.05, 0.1) is 6.21 Å². The molecule has 5 heteroatoms. The van der Waals surface area contributed by atoms with Crippen molar-refractivity contribution in [3.63, 3.8) is 0 Å². The van der Waals surface area contributed by atoms with Gasteiger partial charge in [-0.05, 0) is 41.1 Å². The van der Waals surface area contributed by atoms with E-state index in [1.54, 1.807) is 6.21 Å². The number of aryl methyl sites for hydroxylation is 1. The summed E-state index contributed by atoms with van der Waals surface area (Å²) in [6.45, 7) is 2.01. The standard InChI is InChI=1S/C9H11IN4/c1-6-3-2-4-8(10)7(6)5-13-14-9(11)12/h2-5H,1H3,(H4,11,12,14)/b13-5+. The molecule has 0 bridgehead atoms. The summed E-state index contributed by atoms with van der Waals surface area (Å²) >= 11 is 2.24. The van der Waals surface area contributed by atoms with E-state index in [9.17, 15) is 0 Å². The highest BCUT2D eigenvalue weighted by molar-refractivity contribution is 14.1. The Balaban J connectivity index is 2.97. The predicted octanol–water partition coefficient (Wildman–Crippen LogP) is 1.21. The molecule has 0 fully saturated rings. The van der Waals surface area contributed by atoms with Gasteiger partial charge in [-0.3, -0.25) is 0 Å². The Morgan fingerprint density at radius 3 is 2.71 bits per heavy atom. The van der Waals surface area contributed by atoms with E-state index in [-0.39, 0.29) is 5.96 Å². The Hall–Kier alpha value is -1.11. The molecule has 0 saturated heterocycles. The fraction of sp³-hybridized carbons (Fsp3) is 0.111. The molecule has 14 heavy (non-hydrogen) atoms. The van der Waals surface area contributed by atoms with Crippen molar-refractivity contribution in [2.24, 2.45) is 21.7 Å². The van der Waals surface area contributed by atoms with Gasteiger partial charge in [-0.2, -0.15) is 5.10 Å². The molecule has 0 spiro atoms. The number of guanidine groups is 1. The van der Waals surface area contributed by atoms with Gasteiger partial charge in [0.25, 0.3) is 0 Å². The molecular weight excluding hydrogens is 291 g/mol. The molecule has 1 aromatic carbocycles. The van der Waals surface area contributed by atoms with Crippen molar-refractivity contribution in [2.75, 3.05) is 0 Å². The highest BCUT2D eigenvalue weighted by Crippen LogP contribution is 2.13. The van der Waals surface area contributed by atoms with Gasteiger partial charge in [0.2, 0.25) is 5.96 Å². The number of halogens is 1. The Labute approximate surface area is 96.2 Å². The zero-order valence-electron chi connectivity index (χ0n) is 7.74. The van der Waals surface area contributed by atoms with E-state index in [1.165, 1.54) is 0 Å². The van der Waals surface area contributed by atoms with E-state index in [1.807, 2.05) is 25.1 Å². The van der Waals surface area contributed by atoms with Crippen molar-refractivity contribution in [2.45, 2.75) is 6.92 Å². The molecule has 0 aromatic heterocycles. The molecule has 4 N–H and O–H groups in total. The van der Waals surface area contributed by atoms with E-state index in [4.69, 9.17) is 11.5 Å². The number of nitrogens with two attached hydrogens (primary N) is 2. The average molecular weight is 302 g/mol. The molecule has 0 aliphatic heterocycles. The molecule has 0 heterocycles. The SMILES string of the molecule is Cc1cccc(I)c1/C=N/N=C(N)N. The maximum atomic E-state index is 5.14. The molecule has 0 aliphatic carbocycles. The molecule has 1 aromatic rings. The van der Waals surface area contributed by atoms with Crippen LogP contribution in [0.2, 0.25) is 0 Å². The van der Waals surface area contributed by atoms with Gasteiger partial charge in [0.1, 0.15) is 0 Å². The Morgan fingerprint density at radius 2 is 2.14 bits per heavy atom. The van der Waals surface area contributed by atoms with Gasteiger partial charge in [-0.1, -0.05) is 12.1 Å². The highest BCUT2D eigenvalue weighted by atomic mass is 127. The van der Waals surface area contributed by atoms with Crippen LogP contribution in [0.1, 0.15) is 11.1 Å². The number of hydrogen-bond acceptors (Lipinski definition) is 2. The zero-order chi connectivity index (χ0) is 10.6. The van der Waals surface area contributed by atoms with Crippen molar-refractivity contribution < 1.29 is 0 Å².